The molecule has 2 fully saturated rings. The number of nitrogens with one attached hydrogen (secondary N) is 1. The first-order chi connectivity index (χ1) is 41.3. The van der Waals surface area contributed by atoms with Gasteiger partial charge in [-0.25, -0.2) is 0 Å². The molecule has 17 nitrogen and oxygen atoms in total. The van der Waals surface area contributed by atoms with Crippen molar-refractivity contribution in [1.82, 2.24) is 0 Å². The molecule has 0 amide bonds. The van der Waals surface area contributed by atoms with Gasteiger partial charge >= 0.3 is 0 Å². The van der Waals surface area contributed by atoms with Gasteiger partial charge in [-0.2, -0.15) is 0 Å². The molecule has 17 heteroatoms. The van der Waals surface area contributed by atoms with Gasteiger partial charge in [0.2, 0.25) is 0 Å². The fourth-order valence-corrected chi connectivity index (χ4v) is 10.2. The van der Waals surface area contributed by atoms with Crippen LogP contribution >= 0.6 is 0 Å². The Kier molecular flexibility index (Phi) is 21.5. The average molecular weight is 1140 g/mol. The van der Waals surface area contributed by atoms with E-state index in [0.717, 1.165) is 45.0 Å². The van der Waals surface area contributed by atoms with Crippen molar-refractivity contribution in [3.05, 3.63) is 290 Å². The Morgan fingerprint density at radius 2 is 0.714 bits per heavy atom. The summed E-state index contributed by atoms with van der Waals surface area (Å²) in [4.78, 5) is 23.8. The molecule has 0 aliphatic carbocycles. The van der Waals surface area contributed by atoms with E-state index < -0.39 is 82.6 Å². The number of ether oxygens (including phenoxy) is 10. The fourth-order valence-electron chi connectivity index (χ4n) is 10.2. The van der Waals surface area contributed by atoms with Crippen LogP contribution < -0.4 is 5.32 Å². The molecule has 2 aliphatic heterocycles. The Balaban J connectivity index is 1.10. The third-order valence-corrected chi connectivity index (χ3v) is 14.4. The summed E-state index contributed by atoms with van der Waals surface area (Å²) in [6, 6.07) is 70.1. The lowest BCUT2D eigenvalue weighted by molar-refractivity contribution is -0.393. The van der Waals surface area contributed by atoms with Gasteiger partial charge in [0.15, 0.2) is 12.6 Å². The van der Waals surface area contributed by atoms with E-state index in [0.29, 0.717) is 0 Å². The normalized spacial score (nSPS) is 22.2. The van der Waals surface area contributed by atoms with Crippen molar-refractivity contribution in [3.63, 3.8) is 0 Å². The van der Waals surface area contributed by atoms with Crippen molar-refractivity contribution in [3.8, 4) is 0 Å². The maximum Gasteiger partial charge on any atom is 0.299 e. The van der Waals surface area contributed by atoms with Crippen LogP contribution in [-0.4, -0.2) is 84.4 Å². The van der Waals surface area contributed by atoms with Gasteiger partial charge in [0.05, 0.1) is 75.4 Å². The summed E-state index contributed by atoms with van der Waals surface area (Å²) in [5.41, 5.74) is 5.06. The highest BCUT2D eigenvalue weighted by atomic mass is 16.8. The van der Waals surface area contributed by atoms with Crippen LogP contribution in [0, 0.1) is 20.2 Å². The van der Waals surface area contributed by atoms with Crippen LogP contribution in [0.3, 0.4) is 0 Å². The zero-order valence-electron chi connectivity index (χ0n) is 46.2. The first kappa shape index (κ1) is 59.1. The Labute approximate surface area is 488 Å². The summed E-state index contributed by atoms with van der Waals surface area (Å²) in [5.74, 6) is 0. The van der Waals surface area contributed by atoms with Crippen molar-refractivity contribution in [2.75, 3.05) is 18.5 Å². The minimum absolute atomic E-state index is 0.0313. The van der Waals surface area contributed by atoms with Crippen LogP contribution in [0.25, 0.3) is 0 Å². The highest BCUT2D eigenvalue weighted by Crippen LogP contribution is 2.39. The molecule has 0 unspecified atom stereocenters. The summed E-state index contributed by atoms with van der Waals surface area (Å²) in [6.45, 7) is 1.04. The van der Waals surface area contributed by atoms with Gasteiger partial charge in [0.25, 0.3) is 11.4 Å². The van der Waals surface area contributed by atoms with Crippen molar-refractivity contribution in [2.24, 2.45) is 0 Å². The number of anilines is 1. The quantitative estimate of drug-likeness (QED) is 0.0344. The lowest BCUT2D eigenvalue weighted by atomic mass is 9.94. The summed E-state index contributed by atoms with van der Waals surface area (Å²) < 4.78 is 70.0. The smallest absolute Gasteiger partial charge is 0.299 e. The Bertz CT molecular complexity index is 3230. The number of non-ortho nitro benzene ring substituents is 1. The van der Waals surface area contributed by atoms with Gasteiger partial charge in [0.1, 0.15) is 54.5 Å². The lowest BCUT2D eigenvalue weighted by Gasteiger charge is -2.50. The summed E-state index contributed by atoms with van der Waals surface area (Å²) in [5, 5.41) is 28.5. The molecular formula is C67H67N3O14. The van der Waals surface area contributed by atoms with Crippen LogP contribution in [0.15, 0.2) is 231 Å². The van der Waals surface area contributed by atoms with Gasteiger partial charge in [-0.05, 0) is 45.0 Å². The van der Waals surface area contributed by atoms with Gasteiger partial charge < -0.3 is 52.7 Å². The molecule has 2 saturated heterocycles. The molecule has 2 aliphatic rings. The highest BCUT2D eigenvalue weighted by molar-refractivity contribution is 5.66. The SMILES string of the molecule is O=[N+]([O-])c1ccc(N[C@H]2[C@H](O[C@H]3[C@H](OCc4ccccc4)O[C@H](COCc4ccccc4)[C@@H](OCc4ccccc4)[C@@H]3OCc3ccccc3)O[C@H](COCc3ccccc3)[C@@H](OCc3ccccc3)[C@@H]2OCc2ccccc2)c([N+](=O)[O-])c1. The molecule has 1 N–H and O–H groups in total. The topological polar surface area (TPSA) is 191 Å². The third-order valence-electron chi connectivity index (χ3n) is 14.4. The van der Waals surface area contributed by atoms with Gasteiger partial charge in [-0.1, -0.05) is 212 Å². The molecule has 10 atom stereocenters. The van der Waals surface area contributed by atoms with Crippen molar-refractivity contribution in [1.29, 1.82) is 0 Å². The predicted octanol–water partition coefficient (Wildman–Crippen LogP) is 12.1. The third kappa shape index (κ3) is 16.6. The summed E-state index contributed by atoms with van der Waals surface area (Å²) in [7, 11) is 0. The van der Waals surface area contributed by atoms with Crippen LogP contribution in [0.2, 0.25) is 0 Å². The van der Waals surface area contributed by atoms with Crippen LogP contribution in [0.4, 0.5) is 17.1 Å². The zero-order chi connectivity index (χ0) is 57.7. The minimum Gasteiger partial charge on any atom is -0.374 e. The Morgan fingerprint density at radius 1 is 0.369 bits per heavy atom. The highest BCUT2D eigenvalue weighted by Gasteiger charge is 2.55. The molecule has 2 heterocycles. The van der Waals surface area contributed by atoms with E-state index in [4.69, 9.17) is 47.4 Å². The lowest BCUT2D eigenvalue weighted by Crippen LogP contribution is -2.67. The van der Waals surface area contributed by atoms with Crippen LogP contribution in [-0.2, 0) is 93.6 Å². The second kappa shape index (κ2) is 30.5. The van der Waals surface area contributed by atoms with Crippen molar-refractivity contribution < 1.29 is 57.2 Å². The van der Waals surface area contributed by atoms with E-state index in [9.17, 15) is 20.2 Å². The zero-order valence-corrected chi connectivity index (χ0v) is 46.2. The molecule has 10 rings (SSSR count). The largest absolute Gasteiger partial charge is 0.374 e. The minimum atomic E-state index is -1.43. The molecular weight excluding hydrogens is 1070 g/mol. The number of benzene rings is 8. The monoisotopic (exact) mass is 1140 g/mol. The molecule has 0 spiro atoms. The molecule has 0 saturated carbocycles. The van der Waals surface area contributed by atoms with E-state index in [1.807, 2.05) is 212 Å². The van der Waals surface area contributed by atoms with Gasteiger partial charge in [-0.3, -0.25) is 20.2 Å². The Hall–Kier alpha value is -8.04. The number of rotatable bonds is 29. The molecule has 8 aromatic rings. The molecule has 0 bridgehead atoms. The fraction of sp³-hybridized carbons (Fsp3) is 0.284. The first-order valence-corrected chi connectivity index (χ1v) is 28.0. The number of nitro groups is 2. The van der Waals surface area contributed by atoms with E-state index in [1.165, 1.54) is 12.1 Å². The second-order valence-corrected chi connectivity index (χ2v) is 20.4. The maximum atomic E-state index is 13.0. The molecule has 434 valence electrons. The molecule has 0 aromatic heterocycles. The van der Waals surface area contributed by atoms with E-state index in [2.05, 4.69) is 5.32 Å². The summed E-state index contributed by atoms with van der Waals surface area (Å²) >= 11 is 0. The van der Waals surface area contributed by atoms with E-state index >= 15 is 0 Å². The van der Waals surface area contributed by atoms with Gasteiger partial charge in [0, 0.05) is 6.07 Å². The van der Waals surface area contributed by atoms with Crippen molar-refractivity contribution >= 4 is 17.1 Å². The number of nitrogens with zero attached hydrogens (tertiary/aromatic N) is 2. The van der Waals surface area contributed by atoms with E-state index in [1.54, 1.807) is 0 Å². The average Bonchev–Trinajstić information content (AvgIpc) is 1.96. The summed E-state index contributed by atoms with van der Waals surface area (Å²) in [6.07, 6.45) is -9.50. The van der Waals surface area contributed by atoms with Crippen molar-refractivity contribution in [2.45, 2.75) is 108 Å². The van der Waals surface area contributed by atoms with Gasteiger partial charge in [-0.15, -0.1) is 0 Å². The molecule has 84 heavy (non-hydrogen) atoms. The van der Waals surface area contributed by atoms with Crippen LogP contribution in [0.1, 0.15) is 38.9 Å². The first-order valence-electron chi connectivity index (χ1n) is 28.0. The van der Waals surface area contributed by atoms with E-state index in [-0.39, 0.29) is 65.1 Å². The second-order valence-electron chi connectivity index (χ2n) is 20.4. The van der Waals surface area contributed by atoms with Crippen LogP contribution in [0.5, 0.6) is 0 Å². The molecule has 0 radical (unpaired) electrons. The number of hydrogen-bond donors (Lipinski definition) is 1. The standard InChI is InChI=1S/C67H67N3O14/c71-69(72)55-36-37-56(57(38-55)70(73)74)68-60-63(79-43-52-30-16-5-17-31-52)61(77-41-50-26-12-3-13-27-50)58(46-75-39-48-22-8-1-9-23-48)82-66(60)84-65-64(80-44-53-32-18-6-19-33-53)62(78-42-51-28-14-4-15-29-51)59(47-76-40-49-24-10-2-11-25-49)83-67(65)81-45-54-34-20-7-21-35-54/h1-38,58-68H,39-47H2/t58-,59-,60-,61-,62-,63-,64+,65-,66+,67-/m1/s1. The number of hydrogen-bond acceptors (Lipinski definition) is 15. The Morgan fingerprint density at radius 3 is 1.11 bits per heavy atom. The predicted molar refractivity (Wildman–Crippen MR) is 313 cm³/mol. The maximum absolute atomic E-state index is 13.0. The molecule has 8 aromatic carbocycles. The number of nitro benzene ring substituents is 2.